The Balaban J connectivity index is 0.000000199. The number of rotatable bonds is 0. The highest BCUT2D eigenvalue weighted by molar-refractivity contribution is 4.92. The van der Waals surface area contributed by atoms with Crippen LogP contribution >= 0.6 is 0 Å². The molecule has 2 fully saturated rings. The molecular weight excluding hydrogens is 224 g/mol. The Morgan fingerprint density at radius 2 is 1.28 bits per heavy atom. The van der Waals surface area contributed by atoms with Crippen LogP contribution in [0.15, 0.2) is 0 Å². The van der Waals surface area contributed by atoms with Crippen LogP contribution in [0.1, 0.15) is 85.0 Å². The summed E-state index contributed by atoms with van der Waals surface area (Å²) in [5.74, 6) is 0. The fourth-order valence-electron chi connectivity index (χ4n) is 2.97. The van der Waals surface area contributed by atoms with Crippen molar-refractivity contribution in [3.8, 4) is 0 Å². The van der Waals surface area contributed by atoms with Crippen molar-refractivity contribution in [1.82, 2.24) is 0 Å². The first-order valence-corrected chi connectivity index (χ1v) is 7.76. The van der Waals surface area contributed by atoms with Crippen LogP contribution < -0.4 is 0 Å². The predicted octanol–water partition coefficient (Wildman–Crippen LogP) is 4.04. The molecule has 2 N–H and O–H groups in total. The van der Waals surface area contributed by atoms with Crippen LogP contribution in [0.2, 0.25) is 0 Å². The lowest BCUT2D eigenvalue weighted by Crippen LogP contribution is -2.44. The van der Waals surface area contributed by atoms with Crippen molar-refractivity contribution < 1.29 is 10.2 Å². The molecule has 0 atom stereocenters. The van der Waals surface area contributed by atoms with E-state index in [1.165, 1.54) is 38.5 Å². The average molecular weight is 256 g/mol. The van der Waals surface area contributed by atoms with Crippen LogP contribution in [0.25, 0.3) is 0 Å². The maximum Gasteiger partial charge on any atom is 0.0695 e. The minimum atomic E-state index is -0.384. The quantitative estimate of drug-likeness (QED) is 0.686. The van der Waals surface area contributed by atoms with Crippen molar-refractivity contribution in [1.29, 1.82) is 0 Å². The van der Waals surface area contributed by atoms with Gasteiger partial charge in [-0.3, -0.25) is 0 Å². The largest absolute Gasteiger partial charge is 0.393 e. The molecule has 0 amide bonds. The van der Waals surface area contributed by atoms with Gasteiger partial charge in [-0.2, -0.15) is 0 Å². The summed E-state index contributed by atoms with van der Waals surface area (Å²) in [7, 11) is 0. The number of aliphatic hydroxyl groups is 2. The first-order chi connectivity index (χ1) is 8.35. The molecule has 2 nitrogen and oxygen atoms in total. The minimum absolute atomic E-state index is 0.0359. The summed E-state index contributed by atoms with van der Waals surface area (Å²) in [6.45, 7) is 6.41. The molecule has 0 heterocycles. The molecule has 0 bridgehead atoms. The molecule has 0 aliphatic heterocycles. The lowest BCUT2D eigenvalue weighted by atomic mass is 9.68. The fraction of sp³-hybridized carbons (Fsp3) is 1.00. The standard InChI is InChI=1S/C10H20O.C6H12O/c1-9(2,3)10(11)7-5-4-6-8-10;7-6-4-2-1-3-5-6/h11H,4-8H2,1-3H3;6-7H,1-5H2. The van der Waals surface area contributed by atoms with Crippen molar-refractivity contribution in [3.05, 3.63) is 0 Å². The molecule has 0 aromatic carbocycles. The second-order valence-corrected chi connectivity index (χ2v) is 7.13. The van der Waals surface area contributed by atoms with Crippen LogP contribution in [0, 0.1) is 5.41 Å². The van der Waals surface area contributed by atoms with Gasteiger partial charge in [0.2, 0.25) is 0 Å². The maximum atomic E-state index is 10.2. The van der Waals surface area contributed by atoms with Gasteiger partial charge in [0, 0.05) is 0 Å². The molecule has 108 valence electrons. The second kappa shape index (κ2) is 6.91. The van der Waals surface area contributed by atoms with Crippen LogP contribution in [0.4, 0.5) is 0 Å². The van der Waals surface area contributed by atoms with Crippen molar-refractivity contribution in [2.75, 3.05) is 0 Å². The zero-order valence-electron chi connectivity index (χ0n) is 12.5. The molecule has 0 spiro atoms. The van der Waals surface area contributed by atoms with Gasteiger partial charge in [0.15, 0.2) is 0 Å². The molecule has 18 heavy (non-hydrogen) atoms. The summed E-state index contributed by atoms with van der Waals surface area (Å²) in [5.41, 5.74) is -0.321. The van der Waals surface area contributed by atoms with E-state index in [-0.39, 0.29) is 17.1 Å². The first kappa shape index (κ1) is 16.0. The van der Waals surface area contributed by atoms with Crippen LogP contribution in [-0.4, -0.2) is 21.9 Å². The number of hydrogen-bond acceptors (Lipinski definition) is 2. The van der Waals surface area contributed by atoms with Gasteiger partial charge in [-0.05, 0) is 31.1 Å². The van der Waals surface area contributed by atoms with Crippen molar-refractivity contribution in [2.24, 2.45) is 5.41 Å². The Kier molecular flexibility index (Phi) is 6.13. The van der Waals surface area contributed by atoms with E-state index in [2.05, 4.69) is 20.8 Å². The molecule has 0 aromatic heterocycles. The van der Waals surface area contributed by atoms with Crippen molar-refractivity contribution in [2.45, 2.75) is 96.7 Å². The topological polar surface area (TPSA) is 40.5 Å². The van der Waals surface area contributed by atoms with E-state index in [0.29, 0.717) is 0 Å². The summed E-state index contributed by atoms with van der Waals surface area (Å²) < 4.78 is 0. The fourth-order valence-corrected chi connectivity index (χ4v) is 2.97. The van der Waals surface area contributed by atoms with Crippen LogP contribution in [-0.2, 0) is 0 Å². The van der Waals surface area contributed by atoms with Crippen molar-refractivity contribution in [3.63, 3.8) is 0 Å². The highest BCUT2D eigenvalue weighted by Crippen LogP contribution is 2.41. The molecule has 2 heteroatoms. The van der Waals surface area contributed by atoms with Gasteiger partial charge < -0.3 is 10.2 Å². The zero-order valence-corrected chi connectivity index (χ0v) is 12.5. The summed E-state index contributed by atoms with van der Waals surface area (Å²) in [4.78, 5) is 0. The van der Waals surface area contributed by atoms with E-state index in [1.54, 1.807) is 0 Å². The summed E-state index contributed by atoms with van der Waals surface area (Å²) >= 11 is 0. The van der Waals surface area contributed by atoms with Gasteiger partial charge >= 0.3 is 0 Å². The van der Waals surface area contributed by atoms with Gasteiger partial charge in [0.25, 0.3) is 0 Å². The Labute approximate surface area is 113 Å². The molecular formula is C16H32O2. The Morgan fingerprint density at radius 1 is 0.833 bits per heavy atom. The van der Waals surface area contributed by atoms with E-state index >= 15 is 0 Å². The van der Waals surface area contributed by atoms with Crippen LogP contribution in [0.3, 0.4) is 0 Å². The molecule has 2 rings (SSSR count). The smallest absolute Gasteiger partial charge is 0.0695 e. The highest BCUT2D eigenvalue weighted by Gasteiger charge is 2.40. The monoisotopic (exact) mass is 256 g/mol. The molecule has 2 aliphatic carbocycles. The van der Waals surface area contributed by atoms with Crippen molar-refractivity contribution >= 4 is 0 Å². The SMILES string of the molecule is CC(C)(C)C1(O)CCCCC1.OC1CCCCC1. The third-order valence-corrected chi connectivity index (χ3v) is 4.65. The Bertz CT molecular complexity index is 218. The van der Waals surface area contributed by atoms with E-state index in [0.717, 1.165) is 25.7 Å². The normalized spacial score (nSPS) is 25.2. The molecule has 0 aromatic rings. The minimum Gasteiger partial charge on any atom is -0.393 e. The average Bonchev–Trinajstić information content (AvgIpc) is 2.30. The predicted molar refractivity (Wildman–Crippen MR) is 76.6 cm³/mol. The third-order valence-electron chi connectivity index (χ3n) is 4.65. The molecule has 2 saturated carbocycles. The molecule has 0 radical (unpaired) electrons. The molecule has 0 unspecified atom stereocenters. The lowest BCUT2D eigenvalue weighted by Gasteiger charge is -2.43. The van der Waals surface area contributed by atoms with E-state index < -0.39 is 0 Å². The summed E-state index contributed by atoms with van der Waals surface area (Å²) in [6, 6.07) is 0. The van der Waals surface area contributed by atoms with Crippen LogP contribution in [0.5, 0.6) is 0 Å². The summed E-state index contributed by atoms with van der Waals surface area (Å²) in [5, 5.41) is 19.1. The molecule has 0 saturated heterocycles. The van der Waals surface area contributed by atoms with E-state index in [4.69, 9.17) is 5.11 Å². The second-order valence-electron chi connectivity index (χ2n) is 7.13. The first-order valence-electron chi connectivity index (χ1n) is 7.76. The number of aliphatic hydroxyl groups excluding tert-OH is 1. The highest BCUT2D eigenvalue weighted by atomic mass is 16.3. The molecule has 2 aliphatic rings. The number of hydrogen-bond donors (Lipinski definition) is 2. The van der Waals surface area contributed by atoms with Gasteiger partial charge in [0.1, 0.15) is 0 Å². The maximum absolute atomic E-state index is 10.2. The third kappa shape index (κ3) is 4.89. The van der Waals surface area contributed by atoms with Gasteiger partial charge in [-0.1, -0.05) is 59.3 Å². The van der Waals surface area contributed by atoms with Gasteiger partial charge in [0.05, 0.1) is 11.7 Å². The Morgan fingerprint density at radius 3 is 1.56 bits per heavy atom. The van der Waals surface area contributed by atoms with Gasteiger partial charge in [-0.15, -0.1) is 0 Å². The summed E-state index contributed by atoms with van der Waals surface area (Å²) in [6.07, 6.45) is 11.6. The zero-order chi connectivity index (χ0) is 13.6. The lowest BCUT2D eigenvalue weighted by molar-refractivity contribution is -0.0844. The van der Waals surface area contributed by atoms with Gasteiger partial charge in [-0.25, -0.2) is 0 Å². The van der Waals surface area contributed by atoms with E-state index in [1.807, 2.05) is 0 Å². The Hall–Kier alpha value is -0.0800. The van der Waals surface area contributed by atoms with E-state index in [9.17, 15) is 5.11 Å².